The number of rotatable bonds is 6. The molecule has 9 nitrogen and oxygen atoms in total. The number of nitrogens with zero attached hydrogens (tertiary/aromatic N) is 3. The van der Waals surface area contributed by atoms with Crippen LogP contribution in [0.3, 0.4) is 0 Å². The highest BCUT2D eigenvalue weighted by Crippen LogP contribution is 2.34. The van der Waals surface area contributed by atoms with Crippen molar-refractivity contribution in [1.82, 2.24) is 14.5 Å². The average molecular weight is 466 g/mol. The minimum absolute atomic E-state index is 0.0144. The van der Waals surface area contributed by atoms with Gasteiger partial charge in [0.2, 0.25) is 21.8 Å². The van der Waals surface area contributed by atoms with E-state index in [9.17, 15) is 8.42 Å². The SMILES string of the molecule is COc1ccc(-c2nnc(-c3ccc(Cl)c(S(=O)(=O)N4CCOCC4)c3)o2)cc1OC. The zero-order valence-electron chi connectivity index (χ0n) is 16.9. The Morgan fingerprint density at radius 3 is 2.19 bits per heavy atom. The third-order valence-corrected chi connectivity index (χ3v) is 7.20. The van der Waals surface area contributed by atoms with Gasteiger partial charge in [0, 0.05) is 24.2 Å². The van der Waals surface area contributed by atoms with Crippen LogP contribution in [0.2, 0.25) is 5.02 Å². The Hall–Kier alpha value is -2.66. The molecular weight excluding hydrogens is 446 g/mol. The van der Waals surface area contributed by atoms with Crippen molar-refractivity contribution in [2.75, 3.05) is 40.5 Å². The lowest BCUT2D eigenvalue weighted by atomic mass is 10.2. The van der Waals surface area contributed by atoms with E-state index in [2.05, 4.69) is 10.2 Å². The van der Waals surface area contributed by atoms with Crippen LogP contribution in [0.15, 0.2) is 45.7 Å². The van der Waals surface area contributed by atoms with Gasteiger partial charge >= 0.3 is 0 Å². The van der Waals surface area contributed by atoms with Crippen molar-refractivity contribution in [3.8, 4) is 34.4 Å². The monoisotopic (exact) mass is 465 g/mol. The molecule has 3 aromatic rings. The standard InChI is InChI=1S/C20H20ClN3O6S/c1-27-16-6-4-13(11-17(16)28-2)19-22-23-20(30-19)14-3-5-15(21)18(12-14)31(25,26)24-7-9-29-10-8-24/h3-6,11-12H,7-10H2,1-2H3. The molecule has 1 aliphatic rings. The number of methoxy groups -OCH3 is 2. The van der Waals surface area contributed by atoms with Gasteiger partial charge in [-0.05, 0) is 36.4 Å². The van der Waals surface area contributed by atoms with Crippen molar-refractivity contribution in [3.05, 3.63) is 41.4 Å². The molecule has 11 heteroatoms. The molecule has 0 saturated carbocycles. The van der Waals surface area contributed by atoms with Crippen molar-refractivity contribution >= 4 is 21.6 Å². The number of hydrogen-bond donors (Lipinski definition) is 0. The molecule has 31 heavy (non-hydrogen) atoms. The number of aromatic nitrogens is 2. The van der Waals surface area contributed by atoms with Gasteiger partial charge in [-0.1, -0.05) is 11.6 Å². The second-order valence-corrected chi connectivity index (χ2v) is 8.96. The first-order valence-corrected chi connectivity index (χ1v) is 11.2. The maximum absolute atomic E-state index is 13.0. The van der Waals surface area contributed by atoms with Crippen LogP contribution < -0.4 is 9.47 Å². The summed E-state index contributed by atoms with van der Waals surface area (Å²) in [5.41, 5.74) is 1.07. The molecule has 0 bridgehead atoms. The highest BCUT2D eigenvalue weighted by molar-refractivity contribution is 7.89. The van der Waals surface area contributed by atoms with Crippen LogP contribution in [0.4, 0.5) is 0 Å². The minimum Gasteiger partial charge on any atom is -0.493 e. The Morgan fingerprint density at radius 2 is 1.55 bits per heavy atom. The lowest BCUT2D eigenvalue weighted by Crippen LogP contribution is -2.40. The number of ether oxygens (including phenoxy) is 3. The smallest absolute Gasteiger partial charge is 0.248 e. The summed E-state index contributed by atoms with van der Waals surface area (Å²) >= 11 is 6.22. The Labute approximate surface area is 184 Å². The van der Waals surface area contributed by atoms with Gasteiger partial charge in [-0.15, -0.1) is 10.2 Å². The second kappa shape index (κ2) is 8.83. The van der Waals surface area contributed by atoms with Crippen LogP contribution in [-0.4, -0.2) is 63.4 Å². The molecule has 2 aromatic carbocycles. The maximum Gasteiger partial charge on any atom is 0.248 e. The van der Waals surface area contributed by atoms with Gasteiger partial charge in [-0.25, -0.2) is 8.42 Å². The Morgan fingerprint density at radius 1 is 0.935 bits per heavy atom. The number of hydrogen-bond acceptors (Lipinski definition) is 8. The van der Waals surface area contributed by atoms with E-state index in [-0.39, 0.29) is 34.8 Å². The minimum atomic E-state index is -3.78. The van der Waals surface area contributed by atoms with Gasteiger partial charge < -0.3 is 18.6 Å². The summed E-state index contributed by atoms with van der Waals surface area (Å²) in [4.78, 5) is -0.0144. The van der Waals surface area contributed by atoms with Gasteiger partial charge in [0.15, 0.2) is 11.5 Å². The molecule has 0 spiro atoms. The first kappa shape index (κ1) is 21.6. The molecule has 1 aliphatic heterocycles. The molecule has 1 fully saturated rings. The molecular formula is C20H20ClN3O6S. The van der Waals surface area contributed by atoms with Crippen LogP contribution in [-0.2, 0) is 14.8 Å². The Kier molecular flexibility index (Phi) is 6.15. The average Bonchev–Trinajstić information content (AvgIpc) is 3.29. The van der Waals surface area contributed by atoms with Crippen LogP contribution in [0, 0.1) is 0 Å². The van der Waals surface area contributed by atoms with E-state index in [4.69, 9.17) is 30.2 Å². The second-order valence-electron chi connectivity index (χ2n) is 6.64. The topological polar surface area (TPSA) is 104 Å². The fourth-order valence-electron chi connectivity index (χ4n) is 3.19. The van der Waals surface area contributed by atoms with E-state index in [1.54, 1.807) is 31.4 Å². The largest absolute Gasteiger partial charge is 0.493 e. The first-order chi connectivity index (χ1) is 14.9. The van der Waals surface area contributed by atoms with E-state index in [1.165, 1.54) is 23.5 Å². The quantitative estimate of drug-likeness (QED) is 0.547. The normalized spacial score (nSPS) is 15.1. The lowest BCUT2D eigenvalue weighted by molar-refractivity contribution is 0.0730. The number of sulfonamides is 1. The van der Waals surface area contributed by atoms with Crippen molar-refractivity contribution in [2.45, 2.75) is 4.90 Å². The third kappa shape index (κ3) is 4.24. The summed E-state index contributed by atoms with van der Waals surface area (Å²) in [5, 5.41) is 8.26. The van der Waals surface area contributed by atoms with E-state index in [0.29, 0.717) is 35.8 Å². The van der Waals surface area contributed by atoms with Crippen LogP contribution >= 0.6 is 11.6 Å². The van der Waals surface area contributed by atoms with E-state index in [0.717, 1.165) is 0 Å². The molecule has 2 heterocycles. The molecule has 0 radical (unpaired) electrons. The highest BCUT2D eigenvalue weighted by Gasteiger charge is 2.29. The van der Waals surface area contributed by atoms with Crippen molar-refractivity contribution < 1.29 is 27.0 Å². The maximum atomic E-state index is 13.0. The Balaban J connectivity index is 1.68. The van der Waals surface area contributed by atoms with Gasteiger partial charge in [-0.3, -0.25) is 0 Å². The fourth-order valence-corrected chi connectivity index (χ4v) is 5.09. The highest BCUT2D eigenvalue weighted by atomic mass is 35.5. The molecule has 1 aromatic heterocycles. The molecule has 0 N–H and O–H groups in total. The van der Waals surface area contributed by atoms with Gasteiger partial charge in [0.05, 0.1) is 32.5 Å². The zero-order valence-corrected chi connectivity index (χ0v) is 18.4. The lowest BCUT2D eigenvalue weighted by Gasteiger charge is -2.26. The summed E-state index contributed by atoms with van der Waals surface area (Å²) in [6.07, 6.45) is 0. The number of benzene rings is 2. The summed E-state index contributed by atoms with van der Waals surface area (Å²) in [6.45, 7) is 1.23. The predicted molar refractivity (Wildman–Crippen MR) is 113 cm³/mol. The van der Waals surface area contributed by atoms with Crippen LogP contribution in [0.25, 0.3) is 22.9 Å². The molecule has 1 saturated heterocycles. The zero-order chi connectivity index (χ0) is 22.0. The molecule has 164 valence electrons. The summed E-state index contributed by atoms with van der Waals surface area (Å²) in [5.74, 6) is 1.51. The van der Waals surface area contributed by atoms with E-state index < -0.39 is 10.0 Å². The Bertz CT molecular complexity index is 1190. The third-order valence-electron chi connectivity index (χ3n) is 4.82. The molecule has 0 atom stereocenters. The predicted octanol–water partition coefficient (Wildman–Crippen LogP) is 3.10. The van der Waals surface area contributed by atoms with E-state index >= 15 is 0 Å². The molecule has 0 unspecified atom stereocenters. The summed E-state index contributed by atoms with van der Waals surface area (Å²) in [6, 6.07) is 9.78. The van der Waals surface area contributed by atoms with Crippen molar-refractivity contribution in [3.63, 3.8) is 0 Å². The van der Waals surface area contributed by atoms with Gasteiger partial charge in [0.25, 0.3) is 0 Å². The van der Waals surface area contributed by atoms with E-state index in [1.807, 2.05) is 0 Å². The van der Waals surface area contributed by atoms with Crippen LogP contribution in [0.1, 0.15) is 0 Å². The number of morpholine rings is 1. The van der Waals surface area contributed by atoms with Crippen LogP contribution in [0.5, 0.6) is 11.5 Å². The summed E-state index contributed by atoms with van der Waals surface area (Å²) in [7, 11) is -0.704. The molecule has 4 rings (SSSR count). The number of halogens is 1. The first-order valence-electron chi connectivity index (χ1n) is 9.38. The molecule has 0 aliphatic carbocycles. The van der Waals surface area contributed by atoms with Crippen molar-refractivity contribution in [1.29, 1.82) is 0 Å². The fraction of sp³-hybridized carbons (Fsp3) is 0.300. The van der Waals surface area contributed by atoms with Gasteiger partial charge in [-0.2, -0.15) is 4.31 Å². The summed E-state index contributed by atoms with van der Waals surface area (Å²) < 4.78 is 49.0. The van der Waals surface area contributed by atoms with Gasteiger partial charge in [0.1, 0.15) is 4.90 Å². The van der Waals surface area contributed by atoms with Crippen molar-refractivity contribution in [2.24, 2.45) is 0 Å². The molecule has 0 amide bonds.